The van der Waals surface area contributed by atoms with Gasteiger partial charge in [-0.05, 0) is 48.1 Å². The lowest BCUT2D eigenvalue weighted by atomic mass is 10.0. The van der Waals surface area contributed by atoms with Gasteiger partial charge in [-0.1, -0.05) is 50.6 Å². The van der Waals surface area contributed by atoms with E-state index in [1.54, 1.807) is 18.3 Å². The predicted octanol–water partition coefficient (Wildman–Crippen LogP) is 3.75. The second-order valence-corrected chi connectivity index (χ2v) is 9.45. The Balaban J connectivity index is 1.67. The highest BCUT2D eigenvalue weighted by Crippen LogP contribution is 2.21. The quantitative estimate of drug-likeness (QED) is 0.579. The molecule has 3 rings (SSSR count). The topological polar surface area (TPSA) is 78.8 Å². The molecule has 1 amide bonds. The first kappa shape index (κ1) is 21.2. The van der Waals surface area contributed by atoms with Gasteiger partial charge in [0.2, 0.25) is 10.0 Å². The molecule has 0 radical (unpaired) electrons. The van der Waals surface area contributed by atoms with Crippen molar-refractivity contribution in [1.82, 2.24) is 9.73 Å². The second-order valence-electron chi connectivity index (χ2n) is 7.51. The van der Waals surface area contributed by atoms with Gasteiger partial charge in [0, 0.05) is 18.7 Å². The fraction of sp³-hybridized carbons (Fsp3) is 0.364. The van der Waals surface area contributed by atoms with Crippen molar-refractivity contribution in [3.63, 3.8) is 0 Å². The van der Waals surface area contributed by atoms with Crippen LogP contribution in [0.1, 0.15) is 60.5 Å². The van der Waals surface area contributed by atoms with E-state index in [9.17, 15) is 13.2 Å². The summed E-state index contributed by atoms with van der Waals surface area (Å²) in [5.74, 6) is 0.00456. The normalized spacial score (nSPS) is 15.7. The molecule has 1 aliphatic rings. The van der Waals surface area contributed by atoms with Crippen molar-refractivity contribution in [2.24, 2.45) is 5.10 Å². The van der Waals surface area contributed by atoms with Crippen molar-refractivity contribution in [2.75, 3.05) is 13.1 Å². The molecule has 0 atom stereocenters. The lowest BCUT2D eigenvalue weighted by molar-refractivity contribution is 0.0955. The molecular formula is C22H27N3O3S. The summed E-state index contributed by atoms with van der Waals surface area (Å²) >= 11 is 0. The lowest BCUT2D eigenvalue weighted by Gasteiger charge is -2.25. The molecule has 154 valence electrons. The Bertz CT molecular complexity index is 977. The third kappa shape index (κ3) is 5.31. The summed E-state index contributed by atoms with van der Waals surface area (Å²) in [7, 11) is -3.58. The smallest absolute Gasteiger partial charge is 0.267 e. The number of amides is 1. The van der Waals surface area contributed by atoms with E-state index in [-0.39, 0.29) is 10.5 Å². The number of rotatable bonds is 6. The molecule has 0 spiro atoms. The standard InChI is InChI=1S/C22H27N3O3S/c1-17(2)19-11-9-18(10-12-19)16-23-24-22(26)20-7-6-8-21(15-20)29(27,28)25-13-4-3-5-14-25/h6-12,15-17H,3-5,13-14H2,1-2H3,(H,24,26)/b23-16+. The molecule has 0 aliphatic carbocycles. The number of carbonyl (C=O) groups is 1. The average Bonchev–Trinajstić information content (AvgIpc) is 2.74. The van der Waals surface area contributed by atoms with E-state index in [2.05, 4.69) is 24.4 Å². The number of hydrazone groups is 1. The van der Waals surface area contributed by atoms with E-state index in [0.29, 0.717) is 19.0 Å². The van der Waals surface area contributed by atoms with Gasteiger partial charge in [0.05, 0.1) is 11.1 Å². The first-order valence-corrected chi connectivity index (χ1v) is 11.4. The zero-order valence-electron chi connectivity index (χ0n) is 16.8. The Labute approximate surface area is 172 Å². The molecule has 7 heteroatoms. The Morgan fingerprint density at radius 3 is 2.41 bits per heavy atom. The van der Waals surface area contributed by atoms with E-state index < -0.39 is 15.9 Å². The molecule has 1 N–H and O–H groups in total. The zero-order chi connectivity index (χ0) is 20.9. The van der Waals surface area contributed by atoms with Crippen LogP contribution in [-0.2, 0) is 10.0 Å². The van der Waals surface area contributed by atoms with Gasteiger partial charge in [-0.2, -0.15) is 9.41 Å². The maximum atomic E-state index is 12.8. The molecule has 0 aromatic heterocycles. The predicted molar refractivity (Wildman–Crippen MR) is 115 cm³/mol. The van der Waals surface area contributed by atoms with E-state index >= 15 is 0 Å². The SMILES string of the molecule is CC(C)c1ccc(/C=N/NC(=O)c2cccc(S(=O)(=O)N3CCCCC3)c2)cc1. The second kappa shape index (κ2) is 9.33. The van der Waals surface area contributed by atoms with Crippen molar-refractivity contribution in [2.45, 2.75) is 43.9 Å². The molecule has 2 aromatic rings. The number of hydrogen-bond acceptors (Lipinski definition) is 4. The van der Waals surface area contributed by atoms with Crippen LogP contribution < -0.4 is 5.43 Å². The van der Waals surface area contributed by atoms with Gasteiger partial charge in [0.1, 0.15) is 0 Å². The monoisotopic (exact) mass is 413 g/mol. The van der Waals surface area contributed by atoms with Crippen LogP contribution in [0.2, 0.25) is 0 Å². The molecule has 1 aliphatic heterocycles. The number of nitrogens with one attached hydrogen (secondary N) is 1. The molecular weight excluding hydrogens is 386 g/mol. The van der Waals surface area contributed by atoms with Crippen LogP contribution in [0.5, 0.6) is 0 Å². The number of benzene rings is 2. The average molecular weight is 414 g/mol. The van der Waals surface area contributed by atoms with Gasteiger partial charge in [-0.3, -0.25) is 4.79 Å². The fourth-order valence-electron chi connectivity index (χ4n) is 3.25. The van der Waals surface area contributed by atoms with Crippen LogP contribution in [0.15, 0.2) is 58.5 Å². The Morgan fingerprint density at radius 1 is 1.07 bits per heavy atom. The highest BCUT2D eigenvalue weighted by Gasteiger charge is 2.26. The van der Waals surface area contributed by atoms with E-state index in [1.807, 2.05) is 24.3 Å². The molecule has 1 heterocycles. The van der Waals surface area contributed by atoms with Gasteiger partial charge in [-0.15, -0.1) is 0 Å². The van der Waals surface area contributed by atoms with Gasteiger partial charge < -0.3 is 0 Å². The van der Waals surface area contributed by atoms with Gasteiger partial charge in [0.25, 0.3) is 5.91 Å². The highest BCUT2D eigenvalue weighted by molar-refractivity contribution is 7.89. The molecule has 0 bridgehead atoms. The number of hydrogen-bond donors (Lipinski definition) is 1. The first-order valence-electron chi connectivity index (χ1n) is 9.91. The third-order valence-electron chi connectivity index (χ3n) is 5.03. The summed E-state index contributed by atoms with van der Waals surface area (Å²) < 4.78 is 27.1. The lowest BCUT2D eigenvalue weighted by Crippen LogP contribution is -2.35. The summed E-state index contributed by atoms with van der Waals surface area (Å²) in [6, 6.07) is 14.0. The highest BCUT2D eigenvalue weighted by atomic mass is 32.2. The maximum absolute atomic E-state index is 12.8. The Kier molecular flexibility index (Phi) is 6.82. The number of piperidine rings is 1. The summed E-state index contributed by atoms with van der Waals surface area (Å²) in [6.07, 6.45) is 4.35. The van der Waals surface area contributed by atoms with Crippen molar-refractivity contribution in [1.29, 1.82) is 0 Å². The van der Waals surface area contributed by atoms with Crippen LogP contribution >= 0.6 is 0 Å². The van der Waals surface area contributed by atoms with Crippen LogP contribution in [0, 0.1) is 0 Å². The molecule has 0 unspecified atom stereocenters. The minimum atomic E-state index is -3.58. The van der Waals surface area contributed by atoms with Crippen LogP contribution in [0.4, 0.5) is 0 Å². The first-order chi connectivity index (χ1) is 13.9. The van der Waals surface area contributed by atoms with Crippen molar-refractivity contribution in [3.05, 3.63) is 65.2 Å². The minimum absolute atomic E-state index is 0.139. The summed E-state index contributed by atoms with van der Waals surface area (Å²) in [4.78, 5) is 12.5. The Hall–Kier alpha value is -2.51. The summed E-state index contributed by atoms with van der Waals surface area (Å²) in [5.41, 5.74) is 4.83. The molecule has 6 nitrogen and oxygen atoms in total. The van der Waals surface area contributed by atoms with Crippen LogP contribution in [-0.4, -0.2) is 37.9 Å². The van der Waals surface area contributed by atoms with Crippen molar-refractivity contribution >= 4 is 22.1 Å². The zero-order valence-corrected chi connectivity index (χ0v) is 17.7. The van der Waals surface area contributed by atoms with Gasteiger partial charge in [0.15, 0.2) is 0 Å². The maximum Gasteiger partial charge on any atom is 0.271 e. The molecule has 29 heavy (non-hydrogen) atoms. The van der Waals surface area contributed by atoms with E-state index in [4.69, 9.17) is 0 Å². The molecule has 1 saturated heterocycles. The van der Waals surface area contributed by atoms with Crippen molar-refractivity contribution < 1.29 is 13.2 Å². The number of nitrogens with zero attached hydrogens (tertiary/aromatic N) is 2. The van der Waals surface area contributed by atoms with E-state index in [0.717, 1.165) is 24.8 Å². The molecule has 2 aromatic carbocycles. The number of sulfonamides is 1. The summed E-state index contributed by atoms with van der Waals surface area (Å²) in [6.45, 7) is 5.31. The summed E-state index contributed by atoms with van der Waals surface area (Å²) in [5, 5.41) is 3.99. The van der Waals surface area contributed by atoms with Gasteiger partial charge >= 0.3 is 0 Å². The molecule has 0 saturated carbocycles. The van der Waals surface area contributed by atoms with Crippen LogP contribution in [0.25, 0.3) is 0 Å². The number of carbonyl (C=O) groups excluding carboxylic acids is 1. The minimum Gasteiger partial charge on any atom is -0.267 e. The van der Waals surface area contributed by atoms with E-state index in [1.165, 1.54) is 22.0 Å². The van der Waals surface area contributed by atoms with Crippen molar-refractivity contribution in [3.8, 4) is 0 Å². The van der Waals surface area contributed by atoms with Crippen LogP contribution in [0.3, 0.4) is 0 Å². The van der Waals surface area contributed by atoms with Gasteiger partial charge in [-0.25, -0.2) is 13.8 Å². The molecule has 1 fully saturated rings. The Morgan fingerprint density at radius 2 is 1.76 bits per heavy atom. The third-order valence-corrected chi connectivity index (χ3v) is 6.93. The largest absolute Gasteiger partial charge is 0.271 e. The fourth-order valence-corrected chi connectivity index (χ4v) is 4.81.